The van der Waals surface area contributed by atoms with Gasteiger partial charge in [0.25, 0.3) is 0 Å². The lowest BCUT2D eigenvalue weighted by Gasteiger charge is -2.07. The fraction of sp³-hybridized carbons (Fsp3) is 0.222. The molecule has 5 nitrogen and oxygen atoms in total. The van der Waals surface area contributed by atoms with Crippen molar-refractivity contribution in [2.75, 3.05) is 13.7 Å². The molecule has 0 fully saturated rings. The first-order chi connectivity index (χ1) is 11.2. The highest BCUT2D eigenvalue weighted by molar-refractivity contribution is 5.96. The average molecular weight is 313 g/mol. The first kappa shape index (κ1) is 16.5. The van der Waals surface area contributed by atoms with Crippen molar-refractivity contribution in [3.05, 3.63) is 65.7 Å². The van der Waals surface area contributed by atoms with Gasteiger partial charge in [-0.2, -0.15) is 0 Å². The number of amides is 1. The molecule has 0 spiro atoms. The summed E-state index contributed by atoms with van der Waals surface area (Å²) in [6.45, 7) is 0.442. The van der Waals surface area contributed by atoms with Crippen LogP contribution >= 0.6 is 0 Å². The number of carbonyl (C=O) groups is 2. The van der Waals surface area contributed by atoms with Gasteiger partial charge in [-0.05, 0) is 29.8 Å². The lowest BCUT2D eigenvalue weighted by molar-refractivity contribution is 0.0980. The highest BCUT2D eigenvalue weighted by atomic mass is 16.5. The predicted molar refractivity (Wildman–Crippen MR) is 86.6 cm³/mol. The molecule has 1 amide bonds. The lowest BCUT2D eigenvalue weighted by atomic mass is 10.1. The first-order valence-corrected chi connectivity index (χ1v) is 7.31. The van der Waals surface area contributed by atoms with Gasteiger partial charge in [0, 0.05) is 18.5 Å². The number of carbonyl (C=O) groups excluding carboxylic acids is 2. The van der Waals surface area contributed by atoms with Crippen LogP contribution in [-0.4, -0.2) is 25.5 Å². The summed E-state index contributed by atoms with van der Waals surface area (Å²) < 4.78 is 10.1. The van der Waals surface area contributed by atoms with E-state index in [9.17, 15) is 9.59 Å². The van der Waals surface area contributed by atoms with Gasteiger partial charge >= 0.3 is 6.09 Å². The molecule has 0 saturated heterocycles. The third kappa shape index (κ3) is 5.47. The van der Waals surface area contributed by atoms with Crippen LogP contribution in [0.4, 0.5) is 4.79 Å². The Morgan fingerprint density at radius 3 is 2.35 bits per heavy atom. The van der Waals surface area contributed by atoms with Gasteiger partial charge in [0.15, 0.2) is 5.78 Å². The molecule has 0 heterocycles. The normalized spacial score (nSPS) is 9.96. The molecule has 23 heavy (non-hydrogen) atoms. The lowest BCUT2D eigenvalue weighted by Crippen LogP contribution is -2.26. The Balaban J connectivity index is 1.69. The number of methoxy groups -OCH3 is 1. The molecule has 2 aromatic carbocycles. The molecule has 0 aliphatic heterocycles. The fourth-order valence-corrected chi connectivity index (χ4v) is 1.97. The average Bonchev–Trinajstić information content (AvgIpc) is 2.61. The van der Waals surface area contributed by atoms with Crippen molar-refractivity contribution in [1.29, 1.82) is 0 Å². The molecule has 0 bridgehead atoms. The Labute approximate surface area is 135 Å². The summed E-state index contributed by atoms with van der Waals surface area (Å²) in [6, 6.07) is 16.3. The van der Waals surface area contributed by atoms with E-state index in [2.05, 4.69) is 5.32 Å². The molecule has 0 aliphatic carbocycles. The van der Waals surface area contributed by atoms with Gasteiger partial charge in [-0.1, -0.05) is 30.3 Å². The molecule has 120 valence electrons. The van der Waals surface area contributed by atoms with Crippen LogP contribution in [0.1, 0.15) is 22.3 Å². The quantitative estimate of drug-likeness (QED) is 0.797. The van der Waals surface area contributed by atoms with Crippen LogP contribution < -0.4 is 10.1 Å². The first-order valence-electron chi connectivity index (χ1n) is 7.31. The summed E-state index contributed by atoms with van der Waals surface area (Å²) in [5.41, 5.74) is 1.50. The number of nitrogens with one attached hydrogen (secondary N) is 1. The molecule has 0 radical (unpaired) electrons. The highest BCUT2D eigenvalue weighted by Crippen LogP contribution is 2.12. The highest BCUT2D eigenvalue weighted by Gasteiger charge is 2.08. The maximum Gasteiger partial charge on any atom is 0.407 e. The van der Waals surface area contributed by atoms with E-state index in [0.29, 0.717) is 11.3 Å². The third-order valence-corrected chi connectivity index (χ3v) is 3.25. The van der Waals surface area contributed by atoms with Crippen molar-refractivity contribution >= 4 is 11.9 Å². The van der Waals surface area contributed by atoms with E-state index in [4.69, 9.17) is 9.47 Å². The van der Waals surface area contributed by atoms with Crippen LogP contribution in [0.25, 0.3) is 0 Å². The minimum Gasteiger partial charge on any atom is -0.497 e. The van der Waals surface area contributed by atoms with Gasteiger partial charge in [-0.3, -0.25) is 4.79 Å². The van der Waals surface area contributed by atoms with Crippen molar-refractivity contribution in [2.24, 2.45) is 0 Å². The topological polar surface area (TPSA) is 64.6 Å². The second kappa shape index (κ2) is 8.58. The molecule has 0 unspecified atom stereocenters. The Morgan fingerprint density at radius 2 is 1.70 bits per heavy atom. The molecule has 0 atom stereocenters. The van der Waals surface area contributed by atoms with Crippen LogP contribution in [0.3, 0.4) is 0 Å². The molecule has 2 aromatic rings. The summed E-state index contributed by atoms with van der Waals surface area (Å²) in [6.07, 6.45) is -0.316. The number of benzene rings is 2. The zero-order chi connectivity index (χ0) is 16.5. The van der Waals surface area contributed by atoms with Crippen LogP contribution in [0.2, 0.25) is 0 Å². The van der Waals surface area contributed by atoms with Gasteiger partial charge in [0.1, 0.15) is 12.4 Å². The SMILES string of the molecule is COc1ccc(C(=O)CCNC(=O)OCc2ccccc2)cc1. The van der Waals surface area contributed by atoms with Gasteiger partial charge < -0.3 is 14.8 Å². The van der Waals surface area contributed by atoms with Gasteiger partial charge in [-0.15, -0.1) is 0 Å². The molecule has 2 rings (SSSR count). The monoisotopic (exact) mass is 313 g/mol. The second-order valence-corrected chi connectivity index (χ2v) is 4.89. The number of ether oxygens (including phenoxy) is 2. The molecule has 0 aromatic heterocycles. The second-order valence-electron chi connectivity index (χ2n) is 4.89. The largest absolute Gasteiger partial charge is 0.497 e. The van der Waals surface area contributed by atoms with E-state index in [1.165, 1.54) is 0 Å². The summed E-state index contributed by atoms with van der Waals surface area (Å²) in [7, 11) is 1.57. The minimum absolute atomic E-state index is 0.0454. The van der Waals surface area contributed by atoms with Gasteiger partial charge in [0.2, 0.25) is 0 Å². The number of Topliss-reactive ketones (excluding diaryl/α,β-unsaturated/α-hetero) is 1. The fourth-order valence-electron chi connectivity index (χ4n) is 1.97. The van der Waals surface area contributed by atoms with E-state index >= 15 is 0 Å². The van der Waals surface area contributed by atoms with E-state index in [1.807, 2.05) is 30.3 Å². The molecular weight excluding hydrogens is 294 g/mol. The Kier molecular flexibility index (Phi) is 6.17. The van der Waals surface area contributed by atoms with Crippen LogP contribution in [-0.2, 0) is 11.3 Å². The number of hydrogen-bond acceptors (Lipinski definition) is 4. The maximum atomic E-state index is 12.0. The van der Waals surface area contributed by atoms with E-state index in [-0.39, 0.29) is 25.4 Å². The van der Waals surface area contributed by atoms with Crippen molar-refractivity contribution in [2.45, 2.75) is 13.0 Å². The van der Waals surface area contributed by atoms with E-state index in [0.717, 1.165) is 5.56 Å². The Bertz CT molecular complexity index is 638. The predicted octanol–water partition coefficient (Wildman–Crippen LogP) is 3.19. The van der Waals surface area contributed by atoms with Gasteiger partial charge in [0.05, 0.1) is 7.11 Å². The Hall–Kier alpha value is -2.82. The van der Waals surface area contributed by atoms with Crippen LogP contribution in [0.15, 0.2) is 54.6 Å². The molecule has 5 heteroatoms. The molecule has 0 aliphatic rings. The van der Waals surface area contributed by atoms with Crippen molar-refractivity contribution in [3.8, 4) is 5.75 Å². The standard InChI is InChI=1S/C18H19NO4/c1-22-16-9-7-15(8-10-16)17(20)11-12-19-18(21)23-13-14-5-3-2-4-6-14/h2-10H,11-13H2,1H3,(H,19,21). The zero-order valence-electron chi connectivity index (χ0n) is 13.0. The maximum absolute atomic E-state index is 12.0. The number of rotatable bonds is 7. The van der Waals surface area contributed by atoms with Gasteiger partial charge in [-0.25, -0.2) is 4.79 Å². The summed E-state index contributed by atoms with van der Waals surface area (Å²) in [5, 5.41) is 2.57. The van der Waals surface area contributed by atoms with Crippen LogP contribution in [0.5, 0.6) is 5.75 Å². The molecule has 0 saturated carbocycles. The summed E-state index contributed by atoms with van der Waals surface area (Å²) in [4.78, 5) is 23.5. The Morgan fingerprint density at radius 1 is 1.00 bits per heavy atom. The molecular formula is C18H19NO4. The van der Waals surface area contributed by atoms with Crippen LogP contribution in [0, 0.1) is 0 Å². The summed E-state index contributed by atoms with van der Waals surface area (Å²) >= 11 is 0. The van der Waals surface area contributed by atoms with Crippen molar-refractivity contribution in [3.63, 3.8) is 0 Å². The van der Waals surface area contributed by atoms with Crippen molar-refractivity contribution < 1.29 is 19.1 Å². The van der Waals surface area contributed by atoms with Crippen molar-refractivity contribution in [1.82, 2.24) is 5.32 Å². The third-order valence-electron chi connectivity index (χ3n) is 3.25. The number of hydrogen-bond donors (Lipinski definition) is 1. The minimum atomic E-state index is -0.531. The smallest absolute Gasteiger partial charge is 0.407 e. The number of ketones is 1. The van der Waals surface area contributed by atoms with E-state index in [1.54, 1.807) is 31.4 Å². The summed E-state index contributed by atoms with van der Waals surface area (Å²) in [5.74, 6) is 0.653. The molecule has 1 N–H and O–H groups in total. The number of alkyl carbamates (subject to hydrolysis) is 1. The van der Waals surface area contributed by atoms with E-state index < -0.39 is 6.09 Å². The zero-order valence-corrected chi connectivity index (χ0v) is 13.0.